The van der Waals surface area contributed by atoms with Gasteiger partial charge in [0.2, 0.25) is 0 Å². The van der Waals surface area contributed by atoms with Gasteiger partial charge < -0.3 is 9.84 Å². The van der Waals surface area contributed by atoms with Crippen LogP contribution in [0.2, 0.25) is 0 Å². The molecule has 2 rings (SSSR count). The molecule has 0 amide bonds. The van der Waals surface area contributed by atoms with Gasteiger partial charge in [-0.15, -0.1) is 0 Å². The molecule has 0 aliphatic carbocycles. The normalized spacial score (nSPS) is 20.0. The summed E-state index contributed by atoms with van der Waals surface area (Å²) < 4.78 is 30.8. The Morgan fingerprint density at radius 1 is 1.42 bits per heavy atom. The second-order valence-corrected chi connectivity index (χ2v) is 5.88. The van der Waals surface area contributed by atoms with Crippen molar-refractivity contribution in [2.24, 2.45) is 4.99 Å². The number of hydrogen-bond donors (Lipinski definition) is 2. The van der Waals surface area contributed by atoms with E-state index in [9.17, 15) is 13.5 Å². The fraction of sp³-hybridized carbons (Fsp3) is 0.417. The lowest BCUT2D eigenvalue weighted by Crippen LogP contribution is -2.23. The van der Waals surface area contributed by atoms with Gasteiger partial charge in [0.05, 0.1) is 17.6 Å². The average molecular weight is 284 g/mol. The van der Waals surface area contributed by atoms with Gasteiger partial charge in [0.25, 0.3) is 10.0 Å². The van der Waals surface area contributed by atoms with E-state index >= 15 is 0 Å². The largest absolute Gasteiger partial charge is 0.391 e. The molecule has 1 aromatic rings. The van der Waals surface area contributed by atoms with E-state index in [1.54, 1.807) is 24.3 Å². The number of nitrogens with one attached hydrogen (secondary N) is 1. The third-order valence-electron chi connectivity index (χ3n) is 2.75. The van der Waals surface area contributed by atoms with Crippen LogP contribution in [-0.4, -0.2) is 45.7 Å². The van der Waals surface area contributed by atoms with Gasteiger partial charge in [0, 0.05) is 19.2 Å². The van der Waals surface area contributed by atoms with Crippen molar-refractivity contribution in [1.82, 2.24) is 4.72 Å². The summed E-state index contributed by atoms with van der Waals surface area (Å²) in [6.45, 7) is 0.573. The van der Waals surface area contributed by atoms with Crippen LogP contribution in [0.5, 0.6) is 0 Å². The predicted octanol–water partition coefficient (Wildman–Crippen LogP) is 0.122. The van der Waals surface area contributed by atoms with E-state index in [0.717, 1.165) is 0 Å². The van der Waals surface area contributed by atoms with E-state index in [0.29, 0.717) is 24.4 Å². The van der Waals surface area contributed by atoms with E-state index in [1.165, 1.54) is 7.11 Å². The van der Waals surface area contributed by atoms with Crippen LogP contribution in [0.4, 0.5) is 0 Å². The molecule has 0 bridgehead atoms. The fourth-order valence-electron chi connectivity index (χ4n) is 1.85. The van der Waals surface area contributed by atoms with Gasteiger partial charge in [-0.2, -0.15) is 0 Å². The average Bonchev–Trinajstić information content (AvgIpc) is 2.62. The van der Waals surface area contributed by atoms with Crippen molar-refractivity contribution in [2.45, 2.75) is 17.4 Å². The highest BCUT2D eigenvalue weighted by Crippen LogP contribution is 2.22. The SMILES string of the molecule is COCC(O)CCN=C1NS(=O)(=O)c2ccccc21. The molecule has 104 valence electrons. The van der Waals surface area contributed by atoms with Gasteiger partial charge in [-0.1, -0.05) is 12.1 Å². The van der Waals surface area contributed by atoms with Gasteiger partial charge >= 0.3 is 0 Å². The first-order valence-electron chi connectivity index (χ1n) is 5.88. The highest BCUT2D eigenvalue weighted by Gasteiger charge is 2.29. The van der Waals surface area contributed by atoms with Crippen LogP contribution in [-0.2, 0) is 14.8 Å². The lowest BCUT2D eigenvalue weighted by atomic mass is 10.2. The van der Waals surface area contributed by atoms with Crippen molar-refractivity contribution < 1.29 is 18.3 Å². The molecule has 0 radical (unpaired) electrons. The number of aliphatic hydroxyl groups excluding tert-OH is 1. The zero-order valence-electron chi connectivity index (χ0n) is 10.5. The van der Waals surface area contributed by atoms with Crippen LogP contribution >= 0.6 is 0 Å². The number of rotatable bonds is 5. The molecule has 6 nitrogen and oxygen atoms in total. The van der Waals surface area contributed by atoms with Gasteiger partial charge in [-0.3, -0.25) is 9.71 Å². The molecule has 1 aliphatic rings. The number of aliphatic hydroxyl groups is 1. The summed E-state index contributed by atoms with van der Waals surface area (Å²) in [5.74, 6) is 0.334. The van der Waals surface area contributed by atoms with Crippen molar-refractivity contribution in [3.63, 3.8) is 0 Å². The Morgan fingerprint density at radius 2 is 2.16 bits per heavy atom. The molecule has 1 unspecified atom stereocenters. The topological polar surface area (TPSA) is 88.0 Å². The van der Waals surface area contributed by atoms with E-state index < -0.39 is 16.1 Å². The summed E-state index contributed by atoms with van der Waals surface area (Å²) >= 11 is 0. The molecule has 1 aromatic carbocycles. The second-order valence-electron chi connectivity index (χ2n) is 4.23. The van der Waals surface area contributed by atoms with Crippen LogP contribution in [0, 0.1) is 0 Å². The monoisotopic (exact) mass is 284 g/mol. The third kappa shape index (κ3) is 3.12. The van der Waals surface area contributed by atoms with Gasteiger partial charge in [0.1, 0.15) is 5.84 Å². The zero-order chi connectivity index (χ0) is 13.9. The van der Waals surface area contributed by atoms with Gasteiger partial charge in [-0.25, -0.2) is 8.42 Å². The molecule has 0 saturated carbocycles. The first-order chi connectivity index (χ1) is 9.04. The summed E-state index contributed by atoms with van der Waals surface area (Å²) in [6, 6.07) is 6.68. The highest BCUT2D eigenvalue weighted by molar-refractivity contribution is 7.90. The third-order valence-corrected chi connectivity index (χ3v) is 4.15. The van der Waals surface area contributed by atoms with Crippen LogP contribution in [0.3, 0.4) is 0 Å². The van der Waals surface area contributed by atoms with Crippen molar-refractivity contribution in [3.8, 4) is 0 Å². The van der Waals surface area contributed by atoms with E-state index in [1.807, 2.05) is 0 Å². The van der Waals surface area contributed by atoms with Crippen LogP contribution in [0.1, 0.15) is 12.0 Å². The lowest BCUT2D eigenvalue weighted by molar-refractivity contribution is 0.0610. The molecular weight excluding hydrogens is 268 g/mol. The van der Waals surface area contributed by atoms with Crippen LogP contribution in [0.25, 0.3) is 0 Å². The Kier molecular flexibility index (Phi) is 4.18. The standard InChI is InChI=1S/C12H16N2O4S/c1-18-8-9(15)6-7-13-12-10-4-2-3-5-11(10)19(16,17)14-12/h2-5,9,15H,6-8H2,1H3,(H,13,14). The van der Waals surface area contributed by atoms with E-state index in [2.05, 4.69) is 9.71 Å². The smallest absolute Gasteiger partial charge is 0.263 e. The molecular formula is C12H16N2O4S. The number of methoxy groups -OCH3 is 1. The molecule has 1 aliphatic heterocycles. The minimum atomic E-state index is -3.48. The van der Waals surface area contributed by atoms with E-state index in [-0.39, 0.29) is 11.5 Å². The fourth-order valence-corrected chi connectivity index (χ4v) is 3.10. The number of aliphatic imine (C=N–C) groups is 1. The predicted molar refractivity (Wildman–Crippen MR) is 70.7 cm³/mol. The Labute approximate surface area is 112 Å². The number of fused-ring (bicyclic) bond motifs is 1. The molecule has 1 atom stereocenters. The molecule has 0 aromatic heterocycles. The Hall–Kier alpha value is -1.44. The molecule has 0 spiro atoms. The van der Waals surface area contributed by atoms with Crippen molar-refractivity contribution >= 4 is 15.9 Å². The number of ether oxygens (including phenoxy) is 1. The summed E-state index contributed by atoms with van der Waals surface area (Å²) in [4.78, 5) is 4.44. The summed E-state index contributed by atoms with van der Waals surface area (Å²) in [6.07, 6.45) is -0.177. The molecule has 7 heteroatoms. The van der Waals surface area contributed by atoms with Gasteiger partial charge in [-0.05, 0) is 18.6 Å². The van der Waals surface area contributed by atoms with Crippen molar-refractivity contribution in [3.05, 3.63) is 29.8 Å². The first-order valence-corrected chi connectivity index (χ1v) is 7.36. The maximum absolute atomic E-state index is 11.8. The Bertz CT molecular complexity index is 583. The number of benzene rings is 1. The number of sulfonamides is 1. The first kappa shape index (κ1) is 14.0. The highest BCUT2D eigenvalue weighted by atomic mass is 32.2. The Balaban J connectivity index is 2.11. The molecule has 2 N–H and O–H groups in total. The molecule has 0 fully saturated rings. The number of hydrogen-bond acceptors (Lipinski definition) is 5. The van der Waals surface area contributed by atoms with Crippen LogP contribution in [0.15, 0.2) is 34.2 Å². The second kappa shape index (κ2) is 5.68. The zero-order valence-corrected chi connectivity index (χ0v) is 11.4. The van der Waals surface area contributed by atoms with Crippen molar-refractivity contribution in [1.29, 1.82) is 0 Å². The summed E-state index contributed by atoms with van der Waals surface area (Å²) in [5.41, 5.74) is 0.573. The van der Waals surface area contributed by atoms with Gasteiger partial charge in [0.15, 0.2) is 0 Å². The maximum Gasteiger partial charge on any atom is 0.263 e. The lowest BCUT2D eigenvalue weighted by Gasteiger charge is -2.07. The molecule has 19 heavy (non-hydrogen) atoms. The quantitative estimate of drug-likeness (QED) is 0.804. The number of nitrogens with zero attached hydrogens (tertiary/aromatic N) is 1. The number of amidine groups is 1. The Morgan fingerprint density at radius 3 is 2.89 bits per heavy atom. The summed E-state index contributed by atoms with van der Waals surface area (Å²) in [5, 5.41) is 9.49. The van der Waals surface area contributed by atoms with E-state index in [4.69, 9.17) is 4.74 Å². The van der Waals surface area contributed by atoms with Crippen LogP contribution < -0.4 is 4.72 Å². The van der Waals surface area contributed by atoms with Crippen molar-refractivity contribution in [2.75, 3.05) is 20.3 Å². The minimum absolute atomic E-state index is 0.242. The summed E-state index contributed by atoms with van der Waals surface area (Å²) in [7, 11) is -1.97. The minimum Gasteiger partial charge on any atom is -0.391 e. The molecule has 1 heterocycles. The maximum atomic E-state index is 11.8. The molecule has 0 saturated heterocycles.